The van der Waals surface area contributed by atoms with Crippen LogP contribution in [0, 0.1) is 0 Å². The molecular formula is C13H11NO4S. The van der Waals surface area contributed by atoms with Crippen LogP contribution < -0.4 is 5.32 Å². The van der Waals surface area contributed by atoms with Crippen molar-refractivity contribution in [3.63, 3.8) is 0 Å². The van der Waals surface area contributed by atoms with E-state index in [2.05, 4.69) is 5.32 Å². The molecule has 0 aliphatic carbocycles. The van der Waals surface area contributed by atoms with E-state index in [1.165, 1.54) is 6.07 Å². The lowest BCUT2D eigenvalue weighted by Crippen LogP contribution is -2.10. The van der Waals surface area contributed by atoms with Gasteiger partial charge in [0.2, 0.25) is 0 Å². The molecule has 0 saturated heterocycles. The molecule has 0 bridgehead atoms. The average Bonchev–Trinajstić information content (AvgIpc) is 2.89. The molecule has 19 heavy (non-hydrogen) atoms. The van der Waals surface area contributed by atoms with Crippen LogP contribution in [0.2, 0.25) is 0 Å². The molecule has 98 valence electrons. The smallest absolute Gasteiger partial charge is 0.338 e. The first kappa shape index (κ1) is 13.2. The molecule has 1 heterocycles. The molecule has 0 aliphatic rings. The molecule has 0 aliphatic heterocycles. The van der Waals surface area contributed by atoms with Gasteiger partial charge in [-0.15, -0.1) is 11.8 Å². The van der Waals surface area contributed by atoms with Crippen molar-refractivity contribution in [1.29, 1.82) is 0 Å². The van der Waals surface area contributed by atoms with Gasteiger partial charge in [-0.1, -0.05) is 0 Å². The molecular weight excluding hydrogens is 266 g/mol. The van der Waals surface area contributed by atoms with E-state index in [0.717, 1.165) is 11.2 Å². The monoisotopic (exact) mass is 277 g/mol. The molecule has 6 heteroatoms. The first-order valence-electron chi connectivity index (χ1n) is 5.37. The lowest BCUT2D eigenvalue weighted by Gasteiger charge is -2.03. The molecule has 2 N–H and O–H groups in total. The van der Waals surface area contributed by atoms with Gasteiger partial charge in [0.25, 0.3) is 5.91 Å². The van der Waals surface area contributed by atoms with Crippen molar-refractivity contribution in [2.45, 2.75) is 4.90 Å². The van der Waals surface area contributed by atoms with Crippen LogP contribution in [-0.2, 0) is 0 Å². The SMILES string of the molecule is CSc1ccc(NC(=O)c2cc(C(=O)O)co2)cc1. The Balaban J connectivity index is 2.08. The number of carboxylic acid groups (broad SMARTS) is 1. The molecule has 1 amide bonds. The summed E-state index contributed by atoms with van der Waals surface area (Å²) < 4.78 is 4.91. The van der Waals surface area contributed by atoms with Crippen LogP contribution in [-0.4, -0.2) is 23.2 Å². The maximum Gasteiger partial charge on any atom is 0.338 e. The number of anilines is 1. The maximum absolute atomic E-state index is 11.8. The number of carbonyl (C=O) groups excluding carboxylic acids is 1. The van der Waals surface area contributed by atoms with Gasteiger partial charge in [0, 0.05) is 16.6 Å². The van der Waals surface area contributed by atoms with E-state index >= 15 is 0 Å². The van der Waals surface area contributed by atoms with Gasteiger partial charge in [-0.25, -0.2) is 4.79 Å². The van der Waals surface area contributed by atoms with E-state index in [1.807, 2.05) is 18.4 Å². The highest BCUT2D eigenvalue weighted by molar-refractivity contribution is 7.98. The zero-order valence-electron chi connectivity index (χ0n) is 10.0. The third kappa shape index (κ3) is 3.17. The van der Waals surface area contributed by atoms with Crippen LogP contribution in [0.1, 0.15) is 20.9 Å². The number of carboxylic acids is 1. The quantitative estimate of drug-likeness (QED) is 0.840. The minimum atomic E-state index is -1.13. The summed E-state index contributed by atoms with van der Waals surface area (Å²) >= 11 is 1.60. The topological polar surface area (TPSA) is 79.5 Å². The number of nitrogens with one attached hydrogen (secondary N) is 1. The second-order valence-electron chi connectivity index (χ2n) is 3.69. The number of aromatic carboxylic acids is 1. The summed E-state index contributed by atoms with van der Waals surface area (Å²) in [4.78, 5) is 23.6. The van der Waals surface area contributed by atoms with Crippen molar-refractivity contribution in [3.05, 3.63) is 47.9 Å². The highest BCUT2D eigenvalue weighted by atomic mass is 32.2. The number of hydrogen-bond donors (Lipinski definition) is 2. The van der Waals surface area contributed by atoms with Crippen molar-refractivity contribution < 1.29 is 19.1 Å². The molecule has 5 nitrogen and oxygen atoms in total. The van der Waals surface area contributed by atoms with Crippen molar-refractivity contribution in [1.82, 2.24) is 0 Å². The summed E-state index contributed by atoms with van der Waals surface area (Å²) in [5, 5.41) is 11.4. The minimum Gasteiger partial charge on any atom is -0.478 e. The molecule has 0 saturated carbocycles. The van der Waals surface area contributed by atoms with E-state index in [0.29, 0.717) is 5.69 Å². The van der Waals surface area contributed by atoms with Crippen molar-refractivity contribution >= 4 is 29.3 Å². The van der Waals surface area contributed by atoms with E-state index < -0.39 is 11.9 Å². The van der Waals surface area contributed by atoms with Gasteiger partial charge in [-0.3, -0.25) is 4.79 Å². The third-order valence-corrected chi connectivity index (χ3v) is 3.16. The summed E-state index contributed by atoms with van der Waals surface area (Å²) in [6.45, 7) is 0. The van der Waals surface area contributed by atoms with Gasteiger partial charge in [0.15, 0.2) is 5.76 Å². The Bertz CT molecular complexity index is 603. The Morgan fingerprint density at radius 1 is 1.26 bits per heavy atom. The number of amides is 1. The Morgan fingerprint density at radius 2 is 1.95 bits per heavy atom. The fraction of sp³-hybridized carbons (Fsp3) is 0.0769. The van der Waals surface area contributed by atoms with Crippen molar-refractivity contribution in [2.24, 2.45) is 0 Å². The fourth-order valence-electron chi connectivity index (χ4n) is 1.43. The summed E-state index contributed by atoms with van der Waals surface area (Å²) in [6.07, 6.45) is 3.00. The third-order valence-electron chi connectivity index (χ3n) is 2.42. The van der Waals surface area contributed by atoms with E-state index in [9.17, 15) is 9.59 Å². The Kier molecular flexibility index (Phi) is 3.91. The molecule has 0 unspecified atom stereocenters. The lowest BCUT2D eigenvalue weighted by atomic mass is 10.3. The number of rotatable bonds is 4. The normalized spacial score (nSPS) is 10.2. The Hall–Kier alpha value is -2.21. The zero-order valence-corrected chi connectivity index (χ0v) is 10.9. The highest BCUT2D eigenvalue weighted by Crippen LogP contribution is 2.18. The number of furan rings is 1. The van der Waals surface area contributed by atoms with Crippen molar-refractivity contribution in [2.75, 3.05) is 11.6 Å². The molecule has 0 atom stereocenters. The van der Waals surface area contributed by atoms with E-state index in [1.54, 1.807) is 23.9 Å². The van der Waals surface area contributed by atoms with Crippen molar-refractivity contribution in [3.8, 4) is 0 Å². The molecule has 2 aromatic rings. The van der Waals surface area contributed by atoms with Gasteiger partial charge < -0.3 is 14.8 Å². The maximum atomic E-state index is 11.8. The van der Waals surface area contributed by atoms with Gasteiger partial charge in [0.1, 0.15) is 6.26 Å². The minimum absolute atomic E-state index is 0.0358. The first-order valence-corrected chi connectivity index (χ1v) is 6.60. The molecule has 2 rings (SSSR count). The first-order chi connectivity index (χ1) is 9.10. The van der Waals surface area contributed by atoms with Gasteiger partial charge >= 0.3 is 5.97 Å². The summed E-state index contributed by atoms with van der Waals surface area (Å²) in [5.41, 5.74) is 0.568. The van der Waals surface area contributed by atoms with Gasteiger partial charge in [-0.2, -0.15) is 0 Å². The average molecular weight is 277 g/mol. The second kappa shape index (κ2) is 5.62. The lowest BCUT2D eigenvalue weighted by molar-refractivity contribution is 0.0696. The highest BCUT2D eigenvalue weighted by Gasteiger charge is 2.14. The molecule has 1 aromatic heterocycles. The molecule has 0 radical (unpaired) electrons. The zero-order chi connectivity index (χ0) is 13.8. The summed E-state index contributed by atoms with van der Waals surface area (Å²) in [6, 6.07) is 8.49. The van der Waals surface area contributed by atoms with Crippen LogP contribution >= 0.6 is 11.8 Å². The Morgan fingerprint density at radius 3 is 2.47 bits per heavy atom. The van der Waals surface area contributed by atoms with E-state index in [4.69, 9.17) is 9.52 Å². The molecule has 1 aromatic carbocycles. The number of thioether (sulfide) groups is 1. The van der Waals surface area contributed by atoms with Crippen LogP contribution in [0.4, 0.5) is 5.69 Å². The fourth-order valence-corrected chi connectivity index (χ4v) is 1.84. The molecule has 0 spiro atoms. The Labute approximate surface area is 113 Å². The molecule has 0 fully saturated rings. The second-order valence-corrected chi connectivity index (χ2v) is 4.57. The standard InChI is InChI=1S/C13H11NO4S/c1-19-10-4-2-9(3-5-10)14-12(15)11-6-8(7-18-11)13(16)17/h2-7H,1H3,(H,14,15)(H,16,17). The summed E-state index contributed by atoms with van der Waals surface area (Å²) in [7, 11) is 0. The number of benzene rings is 1. The predicted octanol–water partition coefficient (Wildman–Crippen LogP) is 2.95. The van der Waals surface area contributed by atoms with Gasteiger partial charge in [0.05, 0.1) is 5.56 Å². The van der Waals surface area contributed by atoms with Crippen LogP contribution in [0.15, 0.2) is 45.9 Å². The van der Waals surface area contributed by atoms with Gasteiger partial charge in [-0.05, 0) is 30.5 Å². The van der Waals surface area contributed by atoms with E-state index in [-0.39, 0.29) is 11.3 Å². The van der Waals surface area contributed by atoms with Crippen LogP contribution in [0.25, 0.3) is 0 Å². The number of hydrogen-bond acceptors (Lipinski definition) is 4. The van der Waals surface area contributed by atoms with Crippen LogP contribution in [0.3, 0.4) is 0 Å². The number of carbonyl (C=O) groups is 2. The summed E-state index contributed by atoms with van der Waals surface area (Å²) in [5.74, 6) is -1.65. The predicted molar refractivity (Wildman–Crippen MR) is 71.8 cm³/mol. The largest absolute Gasteiger partial charge is 0.478 e. The van der Waals surface area contributed by atoms with Crippen LogP contribution in [0.5, 0.6) is 0 Å².